The van der Waals surface area contributed by atoms with Crippen molar-refractivity contribution < 1.29 is 9.90 Å². The van der Waals surface area contributed by atoms with E-state index in [9.17, 15) is 4.79 Å². The van der Waals surface area contributed by atoms with Gasteiger partial charge in [0.2, 0.25) is 0 Å². The molecule has 0 aliphatic carbocycles. The third-order valence-corrected chi connectivity index (χ3v) is 2.58. The molecular formula is C14H18N2O2. The van der Waals surface area contributed by atoms with Crippen LogP contribution in [0.25, 0.3) is 0 Å². The number of nitriles is 1. The summed E-state index contributed by atoms with van der Waals surface area (Å²) in [7, 11) is 0. The van der Waals surface area contributed by atoms with Crippen LogP contribution >= 0.6 is 0 Å². The Morgan fingerprint density at radius 3 is 2.61 bits per heavy atom. The van der Waals surface area contributed by atoms with E-state index in [1.54, 1.807) is 12.1 Å². The molecule has 0 heterocycles. The minimum absolute atomic E-state index is 0.0229. The van der Waals surface area contributed by atoms with Crippen molar-refractivity contribution in [2.75, 3.05) is 18.0 Å². The summed E-state index contributed by atoms with van der Waals surface area (Å²) in [4.78, 5) is 12.7. The van der Waals surface area contributed by atoms with Crippen molar-refractivity contribution in [3.8, 4) is 6.07 Å². The maximum Gasteiger partial charge on any atom is 0.323 e. The highest BCUT2D eigenvalue weighted by Crippen LogP contribution is 2.22. The smallest absolute Gasteiger partial charge is 0.323 e. The number of carboxylic acids is 1. The fourth-order valence-corrected chi connectivity index (χ4v) is 1.93. The molecule has 0 aliphatic rings. The van der Waals surface area contributed by atoms with Gasteiger partial charge >= 0.3 is 5.97 Å². The number of hydrogen-bond donors (Lipinski definition) is 1. The van der Waals surface area contributed by atoms with E-state index in [0.29, 0.717) is 18.0 Å². The standard InChI is InChI=1S/C14H18N2O2/c1-10(2)8-16(9-14(17)18)13-5-4-12(7-15)6-11(13)3/h4-6,10H,8-9H2,1-3H3,(H,17,18). The van der Waals surface area contributed by atoms with Gasteiger partial charge in [-0.1, -0.05) is 13.8 Å². The summed E-state index contributed by atoms with van der Waals surface area (Å²) in [6, 6.07) is 7.40. The van der Waals surface area contributed by atoms with Crippen LogP contribution in [0.2, 0.25) is 0 Å². The zero-order chi connectivity index (χ0) is 13.7. The fraction of sp³-hybridized carbons (Fsp3) is 0.429. The van der Waals surface area contributed by atoms with Gasteiger partial charge in [0.15, 0.2) is 0 Å². The molecule has 0 aliphatic heterocycles. The van der Waals surface area contributed by atoms with Crippen LogP contribution < -0.4 is 4.90 Å². The van der Waals surface area contributed by atoms with E-state index in [4.69, 9.17) is 10.4 Å². The van der Waals surface area contributed by atoms with Crippen LogP contribution in [0.3, 0.4) is 0 Å². The number of anilines is 1. The topological polar surface area (TPSA) is 64.3 Å². The van der Waals surface area contributed by atoms with Crippen LogP contribution in [0.5, 0.6) is 0 Å². The molecule has 0 fully saturated rings. The molecule has 1 rings (SSSR count). The molecule has 0 aromatic heterocycles. The first-order chi connectivity index (χ1) is 8.43. The average Bonchev–Trinajstić information content (AvgIpc) is 2.26. The van der Waals surface area contributed by atoms with E-state index < -0.39 is 5.97 Å². The van der Waals surface area contributed by atoms with Crippen molar-refractivity contribution in [3.63, 3.8) is 0 Å². The van der Waals surface area contributed by atoms with Crippen molar-refractivity contribution in [2.24, 2.45) is 5.92 Å². The van der Waals surface area contributed by atoms with Gasteiger partial charge in [0.05, 0.1) is 11.6 Å². The molecule has 0 radical (unpaired) electrons. The van der Waals surface area contributed by atoms with Gasteiger partial charge in [0.25, 0.3) is 0 Å². The molecule has 0 saturated heterocycles. The molecule has 0 unspecified atom stereocenters. The van der Waals surface area contributed by atoms with Crippen molar-refractivity contribution in [1.82, 2.24) is 0 Å². The van der Waals surface area contributed by atoms with Gasteiger partial charge in [0, 0.05) is 12.2 Å². The molecule has 1 aromatic carbocycles. The fourth-order valence-electron chi connectivity index (χ4n) is 1.93. The molecule has 0 saturated carbocycles. The number of carbonyl (C=O) groups is 1. The zero-order valence-corrected chi connectivity index (χ0v) is 11.0. The Morgan fingerprint density at radius 2 is 2.17 bits per heavy atom. The summed E-state index contributed by atoms with van der Waals surface area (Å²) in [5.74, 6) is -0.473. The lowest BCUT2D eigenvalue weighted by Crippen LogP contribution is -2.33. The SMILES string of the molecule is Cc1cc(C#N)ccc1N(CC(=O)O)CC(C)C. The summed E-state index contributed by atoms with van der Waals surface area (Å²) in [5, 5.41) is 17.8. The monoisotopic (exact) mass is 246 g/mol. The Balaban J connectivity index is 3.05. The Kier molecular flexibility index (Phi) is 4.73. The number of hydrogen-bond acceptors (Lipinski definition) is 3. The Morgan fingerprint density at radius 1 is 1.50 bits per heavy atom. The Hall–Kier alpha value is -2.02. The molecule has 1 N–H and O–H groups in total. The number of rotatable bonds is 5. The lowest BCUT2D eigenvalue weighted by Gasteiger charge is -2.26. The third kappa shape index (κ3) is 3.77. The highest BCUT2D eigenvalue weighted by molar-refractivity contribution is 5.74. The normalized spacial score (nSPS) is 10.2. The first-order valence-electron chi connectivity index (χ1n) is 5.91. The molecular weight excluding hydrogens is 228 g/mol. The van der Waals surface area contributed by atoms with Crippen LogP contribution in [0.15, 0.2) is 18.2 Å². The van der Waals surface area contributed by atoms with Gasteiger partial charge in [0.1, 0.15) is 6.54 Å². The van der Waals surface area contributed by atoms with Crippen molar-refractivity contribution in [2.45, 2.75) is 20.8 Å². The minimum atomic E-state index is -0.848. The Bertz CT molecular complexity index is 475. The summed E-state index contributed by atoms with van der Waals surface area (Å²) in [6.07, 6.45) is 0. The highest BCUT2D eigenvalue weighted by Gasteiger charge is 2.14. The summed E-state index contributed by atoms with van der Waals surface area (Å²) < 4.78 is 0. The average molecular weight is 246 g/mol. The second kappa shape index (κ2) is 6.06. The number of benzene rings is 1. The molecule has 4 heteroatoms. The number of aliphatic carboxylic acids is 1. The summed E-state index contributed by atoms with van der Waals surface area (Å²) in [6.45, 7) is 6.65. The van der Waals surface area contributed by atoms with E-state index in [2.05, 4.69) is 6.07 Å². The van der Waals surface area contributed by atoms with E-state index in [1.165, 1.54) is 0 Å². The molecule has 0 bridgehead atoms. The molecule has 4 nitrogen and oxygen atoms in total. The number of aryl methyl sites for hydroxylation is 1. The third-order valence-electron chi connectivity index (χ3n) is 2.58. The second-order valence-electron chi connectivity index (χ2n) is 4.78. The summed E-state index contributed by atoms with van der Waals surface area (Å²) in [5.41, 5.74) is 2.40. The molecule has 0 spiro atoms. The zero-order valence-electron chi connectivity index (χ0n) is 11.0. The highest BCUT2D eigenvalue weighted by atomic mass is 16.4. The van der Waals surface area contributed by atoms with Crippen LogP contribution in [-0.2, 0) is 4.79 Å². The lowest BCUT2D eigenvalue weighted by molar-refractivity contribution is -0.135. The number of nitrogens with zero attached hydrogens (tertiary/aromatic N) is 2. The van der Waals surface area contributed by atoms with Crippen molar-refractivity contribution in [3.05, 3.63) is 29.3 Å². The van der Waals surface area contributed by atoms with Crippen LogP contribution in [0.1, 0.15) is 25.0 Å². The Labute approximate surface area is 107 Å². The summed E-state index contributed by atoms with van der Waals surface area (Å²) >= 11 is 0. The van der Waals surface area contributed by atoms with E-state index in [0.717, 1.165) is 11.3 Å². The molecule has 0 atom stereocenters. The first kappa shape index (κ1) is 14.0. The quantitative estimate of drug-likeness (QED) is 0.866. The van der Waals surface area contributed by atoms with Crippen LogP contribution in [0, 0.1) is 24.2 Å². The van der Waals surface area contributed by atoms with E-state index >= 15 is 0 Å². The molecule has 0 amide bonds. The maximum atomic E-state index is 10.9. The van der Waals surface area contributed by atoms with Crippen LogP contribution in [-0.4, -0.2) is 24.2 Å². The molecule has 1 aromatic rings. The second-order valence-corrected chi connectivity index (χ2v) is 4.78. The number of carboxylic acid groups (broad SMARTS) is 1. The predicted octanol–water partition coefficient (Wildman–Crippen LogP) is 2.41. The van der Waals surface area contributed by atoms with Gasteiger partial charge in [-0.15, -0.1) is 0 Å². The van der Waals surface area contributed by atoms with Crippen molar-refractivity contribution in [1.29, 1.82) is 5.26 Å². The largest absolute Gasteiger partial charge is 0.480 e. The molecule has 96 valence electrons. The predicted molar refractivity (Wildman–Crippen MR) is 70.6 cm³/mol. The van der Waals surface area contributed by atoms with Gasteiger partial charge < -0.3 is 10.0 Å². The van der Waals surface area contributed by atoms with Crippen molar-refractivity contribution >= 4 is 11.7 Å². The van der Waals surface area contributed by atoms with E-state index in [1.807, 2.05) is 31.7 Å². The first-order valence-corrected chi connectivity index (χ1v) is 5.91. The van der Waals surface area contributed by atoms with Gasteiger partial charge in [-0.05, 0) is 36.6 Å². The lowest BCUT2D eigenvalue weighted by atomic mass is 10.1. The minimum Gasteiger partial charge on any atom is -0.480 e. The van der Waals surface area contributed by atoms with Gasteiger partial charge in [-0.25, -0.2) is 0 Å². The maximum absolute atomic E-state index is 10.9. The van der Waals surface area contributed by atoms with Crippen LogP contribution in [0.4, 0.5) is 5.69 Å². The van der Waals surface area contributed by atoms with E-state index in [-0.39, 0.29) is 6.54 Å². The van der Waals surface area contributed by atoms with Gasteiger partial charge in [-0.3, -0.25) is 4.79 Å². The molecule has 18 heavy (non-hydrogen) atoms. The van der Waals surface area contributed by atoms with Gasteiger partial charge in [-0.2, -0.15) is 5.26 Å².